The van der Waals surface area contributed by atoms with Gasteiger partial charge in [-0.05, 0) is 24.3 Å². The summed E-state index contributed by atoms with van der Waals surface area (Å²) in [5.74, 6) is 0.185. The Morgan fingerprint density at radius 1 is 1.05 bits per heavy atom. The molecule has 9 heteroatoms. The van der Waals surface area contributed by atoms with Gasteiger partial charge in [0.15, 0.2) is 11.5 Å². The number of nitrogens with one attached hydrogen (secondary N) is 2. The number of fused-ring (bicyclic) bond motifs is 1. The molecule has 108 valence electrons. The largest absolute Gasteiger partial charge is 0.573 e. The molecule has 0 spiro atoms. The van der Waals surface area contributed by atoms with Crippen LogP contribution in [0.3, 0.4) is 0 Å². The molecule has 21 heavy (non-hydrogen) atoms. The van der Waals surface area contributed by atoms with Gasteiger partial charge in [-0.3, -0.25) is 0 Å². The van der Waals surface area contributed by atoms with Crippen molar-refractivity contribution in [2.45, 2.75) is 6.36 Å². The van der Waals surface area contributed by atoms with Gasteiger partial charge in [0.1, 0.15) is 17.6 Å². The number of rotatable bonds is 3. The molecule has 6 nitrogen and oxygen atoms in total. The third-order valence-electron chi connectivity index (χ3n) is 2.57. The molecule has 0 unspecified atom stereocenters. The number of ether oxygens (including phenoxy) is 1. The fourth-order valence-electron chi connectivity index (χ4n) is 1.74. The molecule has 0 aliphatic rings. The number of hydrogen-bond acceptors (Lipinski definition) is 5. The molecule has 0 saturated heterocycles. The maximum Gasteiger partial charge on any atom is 0.573 e. The van der Waals surface area contributed by atoms with E-state index in [1.54, 1.807) is 0 Å². The Morgan fingerprint density at radius 3 is 2.52 bits per heavy atom. The molecule has 3 rings (SSSR count). The summed E-state index contributed by atoms with van der Waals surface area (Å²) in [6.07, 6.45) is -1.89. The second kappa shape index (κ2) is 4.93. The summed E-state index contributed by atoms with van der Waals surface area (Å²) in [5.41, 5.74) is 1.65. The molecule has 0 atom stereocenters. The number of anilines is 2. The Balaban J connectivity index is 1.81. The van der Waals surface area contributed by atoms with Gasteiger partial charge < -0.3 is 15.0 Å². The molecule has 0 amide bonds. The lowest BCUT2D eigenvalue weighted by Crippen LogP contribution is -2.16. The summed E-state index contributed by atoms with van der Waals surface area (Å²) in [6.45, 7) is 0. The van der Waals surface area contributed by atoms with E-state index in [1.165, 1.54) is 36.9 Å². The van der Waals surface area contributed by atoms with Crippen LogP contribution in [0.5, 0.6) is 5.75 Å². The highest BCUT2D eigenvalue weighted by Crippen LogP contribution is 2.26. The van der Waals surface area contributed by atoms with Crippen molar-refractivity contribution in [3.63, 3.8) is 0 Å². The molecule has 0 aliphatic carbocycles. The summed E-state index contributed by atoms with van der Waals surface area (Å²) in [4.78, 5) is 14.9. The van der Waals surface area contributed by atoms with Gasteiger partial charge in [0.05, 0.1) is 6.33 Å². The zero-order valence-electron chi connectivity index (χ0n) is 10.3. The van der Waals surface area contributed by atoms with E-state index in [9.17, 15) is 13.2 Å². The van der Waals surface area contributed by atoms with Gasteiger partial charge in [-0.1, -0.05) is 0 Å². The van der Waals surface area contributed by atoms with Crippen LogP contribution < -0.4 is 10.1 Å². The average Bonchev–Trinajstić information content (AvgIpc) is 2.89. The maximum atomic E-state index is 12.1. The Kier molecular flexibility index (Phi) is 3.09. The van der Waals surface area contributed by atoms with E-state index in [4.69, 9.17) is 0 Å². The summed E-state index contributed by atoms with van der Waals surface area (Å²) >= 11 is 0. The normalized spacial score (nSPS) is 11.6. The van der Waals surface area contributed by atoms with Gasteiger partial charge in [-0.25, -0.2) is 15.0 Å². The van der Waals surface area contributed by atoms with Crippen molar-refractivity contribution >= 4 is 22.7 Å². The third kappa shape index (κ3) is 3.02. The minimum atomic E-state index is -4.70. The van der Waals surface area contributed by atoms with E-state index in [-0.39, 0.29) is 5.75 Å². The molecule has 1 aromatic carbocycles. The topological polar surface area (TPSA) is 75.7 Å². The Labute approximate surface area is 116 Å². The Hall–Kier alpha value is -2.84. The number of H-pyrrole nitrogens is 1. The summed E-state index contributed by atoms with van der Waals surface area (Å²) in [6, 6.07) is 5.32. The zero-order valence-corrected chi connectivity index (χ0v) is 10.3. The van der Waals surface area contributed by atoms with Crippen molar-refractivity contribution in [1.29, 1.82) is 0 Å². The molecule has 2 N–H and O–H groups in total. The molecule has 0 saturated carbocycles. The summed E-state index contributed by atoms with van der Waals surface area (Å²) < 4.78 is 40.0. The molecule has 3 aromatic rings. The van der Waals surface area contributed by atoms with Gasteiger partial charge in [0.2, 0.25) is 0 Å². The third-order valence-corrected chi connectivity index (χ3v) is 2.57. The standard InChI is InChI=1S/C12H8F3N5O/c13-12(14,15)21-8-3-1-7(2-4-8)20-11-9-10(17-5-16-9)18-6-19-11/h1-6H,(H2,16,17,18,19,20). The van der Waals surface area contributed by atoms with Gasteiger partial charge >= 0.3 is 6.36 Å². The van der Waals surface area contributed by atoms with Crippen molar-refractivity contribution < 1.29 is 17.9 Å². The lowest BCUT2D eigenvalue weighted by Gasteiger charge is -2.10. The first kappa shape index (κ1) is 13.2. The minimum absolute atomic E-state index is 0.289. The predicted octanol–water partition coefficient (Wildman–Crippen LogP) is 3.00. The van der Waals surface area contributed by atoms with Gasteiger partial charge in [0, 0.05) is 5.69 Å². The van der Waals surface area contributed by atoms with E-state index in [0.717, 1.165) is 0 Å². The van der Waals surface area contributed by atoms with Crippen LogP contribution in [-0.2, 0) is 0 Å². The number of halogens is 3. The second-order valence-electron chi connectivity index (χ2n) is 4.02. The highest BCUT2D eigenvalue weighted by atomic mass is 19.4. The molecule has 0 fully saturated rings. The molecule has 0 radical (unpaired) electrons. The Bertz CT molecular complexity index is 753. The van der Waals surface area contributed by atoms with Crippen LogP contribution in [0.1, 0.15) is 0 Å². The fourth-order valence-corrected chi connectivity index (χ4v) is 1.74. The number of aromatic nitrogens is 4. The van der Waals surface area contributed by atoms with Crippen molar-refractivity contribution in [3.8, 4) is 5.75 Å². The van der Waals surface area contributed by atoms with E-state index < -0.39 is 6.36 Å². The van der Waals surface area contributed by atoms with Crippen molar-refractivity contribution in [2.24, 2.45) is 0 Å². The molecular weight excluding hydrogens is 287 g/mol. The van der Waals surface area contributed by atoms with Crippen LogP contribution in [0.25, 0.3) is 11.2 Å². The van der Waals surface area contributed by atoms with Crippen LogP contribution >= 0.6 is 0 Å². The number of aromatic amines is 1. The first-order chi connectivity index (χ1) is 10.0. The first-order valence-electron chi connectivity index (χ1n) is 5.78. The SMILES string of the molecule is FC(F)(F)Oc1ccc(Nc2ncnc3nc[nH]c23)cc1. The van der Waals surface area contributed by atoms with Crippen LogP contribution in [-0.4, -0.2) is 26.3 Å². The molecule has 2 aromatic heterocycles. The molecule has 0 bridgehead atoms. The number of benzene rings is 1. The van der Waals surface area contributed by atoms with E-state index >= 15 is 0 Å². The van der Waals surface area contributed by atoms with E-state index in [2.05, 4.69) is 30.0 Å². The molecular formula is C12H8F3N5O. The fraction of sp³-hybridized carbons (Fsp3) is 0.0833. The monoisotopic (exact) mass is 295 g/mol. The maximum absolute atomic E-state index is 12.1. The smallest absolute Gasteiger partial charge is 0.406 e. The minimum Gasteiger partial charge on any atom is -0.406 e. The highest BCUT2D eigenvalue weighted by Gasteiger charge is 2.30. The molecule has 2 heterocycles. The van der Waals surface area contributed by atoms with Crippen LogP contribution in [0.15, 0.2) is 36.9 Å². The molecule has 0 aliphatic heterocycles. The van der Waals surface area contributed by atoms with Gasteiger partial charge in [-0.15, -0.1) is 13.2 Å². The van der Waals surface area contributed by atoms with Crippen LogP contribution in [0, 0.1) is 0 Å². The second-order valence-corrected chi connectivity index (χ2v) is 4.02. The number of imidazole rings is 1. The first-order valence-corrected chi connectivity index (χ1v) is 5.78. The summed E-state index contributed by atoms with van der Waals surface area (Å²) in [7, 11) is 0. The lowest BCUT2D eigenvalue weighted by molar-refractivity contribution is -0.274. The number of alkyl halides is 3. The van der Waals surface area contributed by atoms with Gasteiger partial charge in [0.25, 0.3) is 0 Å². The Morgan fingerprint density at radius 2 is 1.81 bits per heavy atom. The lowest BCUT2D eigenvalue weighted by atomic mass is 10.3. The predicted molar refractivity (Wildman–Crippen MR) is 68.1 cm³/mol. The van der Waals surface area contributed by atoms with Crippen LogP contribution in [0.2, 0.25) is 0 Å². The van der Waals surface area contributed by atoms with Crippen molar-refractivity contribution in [1.82, 2.24) is 19.9 Å². The average molecular weight is 295 g/mol. The van der Waals surface area contributed by atoms with Crippen molar-refractivity contribution in [2.75, 3.05) is 5.32 Å². The zero-order chi connectivity index (χ0) is 14.9. The van der Waals surface area contributed by atoms with Crippen molar-refractivity contribution in [3.05, 3.63) is 36.9 Å². The van der Waals surface area contributed by atoms with Gasteiger partial charge in [-0.2, -0.15) is 0 Å². The number of nitrogens with zero attached hydrogens (tertiary/aromatic N) is 3. The quantitative estimate of drug-likeness (QED) is 0.777. The van der Waals surface area contributed by atoms with E-state index in [0.29, 0.717) is 22.7 Å². The number of hydrogen-bond donors (Lipinski definition) is 2. The highest BCUT2D eigenvalue weighted by molar-refractivity contribution is 5.84. The van der Waals surface area contributed by atoms with E-state index in [1.807, 2.05) is 0 Å². The van der Waals surface area contributed by atoms with Crippen LogP contribution in [0.4, 0.5) is 24.7 Å². The summed E-state index contributed by atoms with van der Waals surface area (Å²) in [5, 5.41) is 2.96.